The fourth-order valence-electron chi connectivity index (χ4n) is 1.08. The van der Waals surface area contributed by atoms with Gasteiger partial charge in [0.2, 0.25) is 0 Å². The normalized spacial score (nSPS) is 12.8. The predicted molar refractivity (Wildman–Crippen MR) is 44.9 cm³/mol. The van der Waals surface area contributed by atoms with E-state index >= 15 is 0 Å². The van der Waals surface area contributed by atoms with Crippen LogP contribution in [0.25, 0.3) is 0 Å². The molecule has 1 N–H and O–H groups in total. The van der Waals surface area contributed by atoms with Crippen LogP contribution >= 0.6 is 11.3 Å². The molecule has 1 atom stereocenters. The van der Waals surface area contributed by atoms with Gasteiger partial charge in [0.1, 0.15) is 0 Å². The molecular formula is C8H9FO2S. The lowest BCUT2D eigenvalue weighted by Gasteiger charge is -2.06. The molecule has 0 aliphatic heterocycles. The number of thiophene rings is 1. The maximum atomic E-state index is 12.9. The van der Waals surface area contributed by atoms with E-state index in [4.69, 9.17) is 5.11 Å². The lowest BCUT2D eigenvalue weighted by atomic mass is 10.00. The molecule has 0 saturated heterocycles. The van der Waals surface area contributed by atoms with E-state index in [0.717, 1.165) is 11.3 Å². The Labute approximate surface area is 73.7 Å². The fourth-order valence-corrected chi connectivity index (χ4v) is 1.76. The van der Waals surface area contributed by atoms with Crippen LogP contribution in [0.3, 0.4) is 0 Å². The summed E-state index contributed by atoms with van der Waals surface area (Å²) in [4.78, 5) is 10.6. The Morgan fingerprint density at radius 2 is 2.50 bits per heavy atom. The Kier molecular flexibility index (Phi) is 2.81. The highest BCUT2D eigenvalue weighted by molar-refractivity contribution is 7.08. The molecule has 0 fully saturated rings. The minimum Gasteiger partial charge on any atom is -0.481 e. The average molecular weight is 188 g/mol. The maximum Gasteiger partial charge on any atom is 0.311 e. The molecule has 1 heterocycles. The largest absolute Gasteiger partial charge is 0.481 e. The molecule has 0 aromatic carbocycles. The van der Waals surface area contributed by atoms with Gasteiger partial charge in [0.25, 0.3) is 0 Å². The van der Waals surface area contributed by atoms with E-state index in [1.165, 1.54) is 6.07 Å². The summed E-state index contributed by atoms with van der Waals surface area (Å²) < 4.78 is 12.9. The van der Waals surface area contributed by atoms with Crippen LogP contribution in [0, 0.1) is 5.13 Å². The van der Waals surface area contributed by atoms with Crippen molar-refractivity contribution in [2.45, 2.75) is 19.3 Å². The number of carboxylic acid groups (broad SMARTS) is 1. The summed E-state index contributed by atoms with van der Waals surface area (Å²) >= 11 is 0.936. The van der Waals surface area contributed by atoms with Crippen molar-refractivity contribution in [2.75, 3.05) is 0 Å². The van der Waals surface area contributed by atoms with Gasteiger partial charge in [-0.15, -0.1) is 11.3 Å². The van der Waals surface area contributed by atoms with Gasteiger partial charge < -0.3 is 5.11 Å². The van der Waals surface area contributed by atoms with Gasteiger partial charge in [0, 0.05) is 5.56 Å². The van der Waals surface area contributed by atoms with Crippen LogP contribution in [-0.4, -0.2) is 11.1 Å². The fraction of sp³-hybridized carbons (Fsp3) is 0.375. The lowest BCUT2D eigenvalue weighted by molar-refractivity contribution is -0.138. The third-order valence-electron chi connectivity index (χ3n) is 1.73. The average Bonchev–Trinajstić information content (AvgIpc) is 2.38. The van der Waals surface area contributed by atoms with Gasteiger partial charge >= 0.3 is 5.97 Å². The first-order valence-corrected chi connectivity index (χ1v) is 4.50. The number of carbonyl (C=O) groups is 1. The van der Waals surface area contributed by atoms with E-state index in [1.807, 2.05) is 0 Å². The summed E-state index contributed by atoms with van der Waals surface area (Å²) in [7, 11) is 0. The van der Waals surface area contributed by atoms with Crippen molar-refractivity contribution in [3.8, 4) is 0 Å². The van der Waals surface area contributed by atoms with Crippen molar-refractivity contribution in [1.82, 2.24) is 0 Å². The van der Waals surface area contributed by atoms with Gasteiger partial charge in [-0.2, -0.15) is 4.39 Å². The molecule has 0 bridgehead atoms. The minimum atomic E-state index is -0.963. The molecule has 0 amide bonds. The minimum absolute atomic E-state index is 0.301. The molecule has 0 aliphatic rings. The molecule has 2 nitrogen and oxygen atoms in total. The molecule has 0 aliphatic carbocycles. The Morgan fingerprint density at radius 3 is 2.83 bits per heavy atom. The SMILES string of the molecule is CCC(C(=O)O)c1ccsc1F. The molecule has 66 valence electrons. The van der Waals surface area contributed by atoms with Gasteiger partial charge in [0.05, 0.1) is 5.92 Å². The molecule has 1 aromatic rings. The zero-order valence-electron chi connectivity index (χ0n) is 6.58. The molecular weight excluding hydrogens is 179 g/mol. The Hall–Kier alpha value is -0.900. The summed E-state index contributed by atoms with van der Waals surface area (Å²) in [5.41, 5.74) is 0.301. The first-order valence-electron chi connectivity index (χ1n) is 3.62. The van der Waals surface area contributed by atoms with E-state index in [0.29, 0.717) is 12.0 Å². The smallest absolute Gasteiger partial charge is 0.311 e. The van der Waals surface area contributed by atoms with Gasteiger partial charge in [-0.05, 0) is 17.9 Å². The van der Waals surface area contributed by atoms with Crippen LogP contribution in [0.5, 0.6) is 0 Å². The molecule has 0 saturated carbocycles. The van der Waals surface area contributed by atoms with Crippen LogP contribution in [0.1, 0.15) is 24.8 Å². The van der Waals surface area contributed by atoms with Crippen molar-refractivity contribution in [3.05, 3.63) is 22.1 Å². The van der Waals surface area contributed by atoms with E-state index in [9.17, 15) is 9.18 Å². The van der Waals surface area contributed by atoms with Crippen LogP contribution in [0.15, 0.2) is 11.4 Å². The maximum absolute atomic E-state index is 12.9. The second-order valence-corrected chi connectivity index (χ2v) is 3.32. The van der Waals surface area contributed by atoms with Crippen molar-refractivity contribution in [3.63, 3.8) is 0 Å². The first kappa shape index (κ1) is 9.19. The van der Waals surface area contributed by atoms with Crippen LogP contribution in [0.4, 0.5) is 4.39 Å². The zero-order valence-corrected chi connectivity index (χ0v) is 7.40. The second kappa shape index (κ2) is 3.67. The van der Waals surface area contributed by atoms with E-state index in [1.54, 1.807) is 12.3 Å². The molecule has 1 rings (SSSR count). The van der Waals surface area contributed by atoms with Gasteiger partial charge in [-0.3, -0.25) is 4.79 Å². The highest BCUT2D eigenvalue weighted by Crippen LogP contribution is 2.25. The van der Waals surface area contributed by atoms with Crippen LogP contribution in [-0.2, 0) is 4.79 Å². The molecule has 0 spiro atoms. The standard InChI is InChI=1S/C8H9FO2S/c1-2-5(8(10)11)6-3-4-12-7(6)9/h3-5H,2H2,1H3,(H,10,11). The summed E-state index contributed by atoms with van der Waals surface area (Å²) in [5, 5.41) is 9.89. The highest BCUT2D eigenvalue weighted by Gasteiger charge is 2.21. The summed E-state index contributed by atoms with van der Waals surface area (Å²) in [6, 6.07) is 1.53. The van der Waals surface area contributed by atoms with E-state index < -0.39 is 11.9 Å². The predicted octanol–water partition coefficient (Wildman–Crippen LogP) is 2.47. The van der Waals surface area contributed by atoms with Crippen LogP contribution in [0.2, 0.25) is 0 Å². The van der Waals surface area contributed by atoms with Crippen molar-refractivity contribution in [1.29, 1.82) is 0 Å². The van der Waals surface area contributed by atoms with Crippen molar-refractivity contribution < 1.29 is 14.3 Å². The number of hydrogen-bond acceptors (Lipinski definition) is 2. The zero-order chi connectivity index (χ0) is 9.14. The van der Waals surface area contributed by atoms with Gasteiger partial charge in [0.15, 0.2) is 5.13 Å². The summed E-state index contributed by atoms with van der Waals surface area (Å²) in [5.74, 6) is -1.66. The van der Waals surface area contributed by atoms with Crippen molar-refractivity contribution >= 4 is 17.3 Å². The third kappa shape index (κ3) is 1.64. The molecule has 0 radical (unpaired) electrons. The number of carboxylic acids is 1. The molecule has 12 heavy (non-hydrogen) atoms. The Balaban J connectivity index is 2.94. The monoisotopic (exact) mass is 188 g/mol. The third-order valence-corrected chi connectivity index (χ3v) is 2.44. The topological polar surface area (TPSA) is 37.3 Å². The molecule has 1 unspecified atom stereocenters. The number of halogens is 1. The number of aliphatic carboxylic acids is 1. The number of hydrogen-bond donors (Lipinski definition) is 1. The Morgan fingerprint density at radius 1 is 1.83 bits per heavy atom. The van der Waals surface area contributed by atoms with Gasteiger partial charge in [-0.1, -0.05) is 6.92 Å². The molecule has 4 heteroatoms. The number of rotatable bonds is 3. The van der Waals surface area contributed by atoms with Crippen LogP contribution < -0.4 is 0 Å². The summed E-state index contributed by atoms with van der Waals surface area (Å²) in [6.07, 6.45) is 0.420. The summed E-state index contributed by atoms with van der Waals surface area (Å²) in [6.45, 7) is 1.73. The highest BCUT2D eigenvalue weighted by atomic mass is 32.1. The quantitative estimate of drug-likeness (QED) is 0.791. The molecule has 1 aromatic heterocycles. The van der Waals surface area contributed by atoms with E-state index in [-0.39, 0.29) is 5.13 Å². The van der Waals surface area contributed by atoms with Gasteiger partial charge in [-0.25, -0.2) is 0 Å². The lowest BCUT2D eigenvalue weighted by Crippen LogP contribution is -2.10. The first-order chi connectivity index (χ1) is 5.66. The van der Waals surface area contributed by atoms with Crippen molar-refractivity contribution in [2.24, 2.45) is 0 Å². The second-order valence-electron chi connectivity index (χ2n) is 2.45. The van der Waals surface area contributed by atoms with E-state index in [2.05, 4.69) is 0 Å². The Bertz CT molecular complexity index is 282.